The fourth-order valence-corrected chi connectivity index (χ4v) is 4.29. The standard InChI is InChI=1S/C21H19N3O5S2/c1-28-16-8-10-17(11-9-16)30-18-12-13-23-20(18)21(25)24(15-6-4-3-5-7-15)19(22-23)14-29-31(2,26)27/h3-13H,14H2,1-2H3. The molecule has 0 radical (unpaired) electrons. The van der Waals surface area contributed by atoms with Gasteiger partial charge < -0.3 is 4.74 Å². The van der Waals surface area contributed by atoms with Crippen molar-refractivity contribution in [1.29, 1.82) is 0 Å². The van der Waals surface area contributed by atoms with Gasteiger partial charge in [0.1, 0.15) is 17.9 Å². The summed E-state index contributed by atoms with van der Waals surface area (Å²) in [6, 6.07) is 18.2. The number of aromatic nitrogens is 3. The van der Waals surface area contributed by atoms with Gasteiger partial charge in [-0.25, -0.2) is 4.52 Å². The molecule has 0 fully saturated rings. The molecule has 31 heavy (non-hydrogen) atoms. The number of nitrogens with zero attached hydrogens (tertiary/aromatic N) is 3. The first-order chi connectivity index (χ1) is 14.9. The predicted molar refractivity (Wildman–Crippen MR) is 118 cm³/mol. The summed E-state index contributed by atoms with van der Waals surface area (Å²) in [5.41, 5.74) is 0.623. The van der Waals surface area contributed by atoms with E-state index in [1.807, 2.05) is 30.3 Å². The molecule has 4 aromatic rings. The van der Waals surface area contributed by atoms with Crippen molar-refractivity contribution in [3.05, 3.63) is 83.0 Å². The Morgan fingerprint density at radius 1 is 1.03 bits per heavy atom. The van der Waals surface area contributed by atoms with Crippen LogP contribution >= 0.6 is 11.8 Å². The van der Waals surface area contributed by atoms with Crippen LogP contribution in [-0.2, 0) is 20.9 Å². The molecule has 4 rings (SSSR count). The van der Waals surface area contributed by atoms with Crippen molar-refractivity contribution in [2.45, 2.75) is 16.4 Å². The number of rotatable bonds is 7. The van der Waals surface area contributed by atoms with Crippen LogP contribution in [0.15, 0.2) is 81.4 Å². The van der Waals surface area contributed by atoms with Crippen LogP contribution in [0.1, 0.15) is 5.82 Å². The Bertz CT molecular complexity index is 1380. The van der Waals surface area contributed by atoms with E-state index in [0.717, 1.165) is 21.8 Å². The number of ether oxygens (including phenoxy) is 1. The van der Waals surface area contributed by atoms with E-state index < -0.39 is 10.1 Å². The van der Waals surface area contributed by atoms with E-state index in [2.05, 4.69) is 5.10 Å². The monoisotopic (exact) mass is 457 g/mol. The molecule has 8 nitrogen and oxygen atoms in total. The highest BCUT2D eigenvalue weighted by Crippen LogP contribution is 2.31. The van der Waals surface area contributed by atoms with Crippen molar-refractivity contribution in [3.63, 3.8) is 0 Å². The van der Waals surface area contributed by atoms with Gasteiger partial charge in [0.15, 0.2) is 5.82 Å². The maximum Gasteiger partial charge on any atom is 0.283 e. The third-order valence-corrected chi connectivity index (χ3v) is 6.02. The number of fused-ring (bicyclic) bond motifs is 1. The molecule has 0 bridgehead atoms. The Hall–Kier alpha value is -3.08. The molecule has 2 heterocycles. The Balaban J connectivity index is 1.83. The van der Waals surface area contributed by atoms with Crippen LogP contribution in [0.2, 0.25) is 0 Å². The van der Waals surface area contributed by atoms with E-state index in [1.54, 1.807) is 43.6 Å². The van der Waals surface area contributed by atoms with E-state index >= 15 is 0 Å². The van der Waals surface area contributed by atoms with Gasteiger partial charge in [-0.2, -0.15) is 13.5 Å². The van der Waals surface area contributed by atoms with E-state index in [9.17, 15) is 13.2 Å². The van der Waals surface area contributed by atoms with Gasteiger partial charge >= 0.3 is 0 Å². The molecule has 0 aliphatic heterocycles. The third kappa shape index (κ3) is 4.66. The minimum absolute atomic E-state index is 0.172. The van der Waals surface area contributed by atoms with Gasteiger partial charge in [0.2, 0.25) is 0 Å². The Morgan fingerprint density at radius 3 is 2.39 bits per heavy atom. The van der Waals surface area contributed by atoms with Gasteiger partial charge in [0, 0.05) is 16.0 Å². The first-order valence-corrected chi connectivity index (χ1v) is 11.8. The van der Waals surface area contributed by atoms with Crippen molar-refractivity contribution in [2.24, 2.45) is 0 Å². The molecule has 0 spiro atoms. The van der Waals surface area contributed by atoms with Crippen LogP contribution in [0.25, 0.3) is 11.2 Å². The number of para-hydroxylation sites is 1. The number of hydrogen-bond donors (Lipinski definition) is 0. The second kappa shape index (κ2) is 8.58. The van der Waals surface area contributed by atoms with Crippen LogP contribution in [0.5, 0.6) is 5.75 Å². The maximum absolute atomic E-state index is 13.5. The SMILES string of the molecule is COc1ccc(Sc2ccn3nc(COS(C)(=O)=O)n(-c4ccccc4)c(=O)c23)cc1. The molecule has 0 amide bonds. The summed E-state index contributed by atoms with van der Waals surface area (Å²) in [5, 5.41) is 4.46. The highest BCUT2D eigenvalue weighted by molar-refractivity contribution is 7.99. The van der Waals surface area contributed by atoms with Crippen molar-refractivity contribution in [2.75, 3.05) is 13.4 Å². The number of benzene rings is 2. The van der Waals surface area contributed by atoms with Crippen LogP contribution in [0.3, 0.4) is 0 Å². The fourth-order valence-electron chi connectivity index (χ4n) is 3.03. The van der Waals surface area contributed by atoms with Gasteiger partial charge in [-0.1, -0.05) is 30.0 Å². The first-order valence-electron chi connectivity index (χ1n) is 9.21. The second-order valence-corrected chi connectivity index (χ2v) is 9.37. The molecule has 0 N–H and O–H groups in total. The van der Waals surface area contributed by atoms with Gasteiger partial charge in [0.25, 0.3) is 15.7 Å². The van der Waals surface area contributed by atoms with Crippen LogP contribution in [0.4, 0.5) is 0 Å². The summed E-state index contributed by atoms with van der Waals surface area (Å²) in [6.07, 6.45) is 2.62. The Kier molecular flexibility index (Phi) is 5.86. The average molecular weight is 458 g/mol. The largest absolute Gasteiger partial charge is 0.497 e. The molecule has 0 unspecified atom stereocenters. The highest BCUT2D eigenvalue weighted by Gasteiger charge is 2.18. The molecule has 160 valence electrons. The lowest BCUT2D eigenvalue weighted by Gasteiger charge is -2.13. The topological polar surface area (TPSA) is 91.9 Å². The van der Waals surface area contributed by atoms with Gasteiger partial charge in [0.05, 0.1) is 19.1 Å². The van der Waals surface area contributed by atoms with Crippen molar-refractivity contribution in [3.8, 4) is 11.4 Å². The minimum Gasteiger partial charge on any atom is -0.497 e. The lowest BCUT2D eigenvalue weighted by molar-refractivity contribution is 0.295. The summed E-state index contributed by atoms with van der Waals surface area (Å²) >= 11 is 1.43. The first kappa shape index (κ1) is 21.2. The Labute approximate surface area is 183 Å². The normalized spacial score (nSPS) is 11.7. The smallest absolute Gasteiger partial charge is 0.283 e. The highest BCUT2D eigenvalue weighted by atomic mass is 32.2. The summed E-state index contributed by atoms with van der Waals surface area (Å²) in [6.45, 7) is -0.363. The summed E-state index contributed by atoms with van der Waals surface area (Å²) < 4.78 is 35.9. The van der Waals surface area contributed by atoms with Crippen LogP contribution in [0, 0.1) is 0 Å². The van der Waals surface area contributed by atoms with Crippen LogP contribution in [-0.4, -0.2) is 36.0 Å². The van der Waals surface area contributed by atoms with Crippen LogP contribution < -0.4 is 10.3 Å². The molecule has 2 aromatic carbocycles. The van der Waals surface area contributed by atoms with Crippen molar-refractivity contribution >= 4 is 27.4 Å². The lowest BCUT2D eigenvalue weighted by atomic mass is 10.3. The third-order valence-electron chi connectivity index (χ3n) is 4.42. The summed E-state index contributed by atoms with van der Waals surface area (Å²) in [7, 11) is -2.10. The molecule has 0 atom stereocenters. The van der Waals surface area contributed by atoms with Gasteiger partial charge in [-0.3, -0.25) is 13.5 Å². The maximum atomic E-state index is 13.5. The zero-order chi connectivity index (χ0) is 22.0. The minimum atomic E-state index is -3.71. The van der Waals surface area contributed by atoms with Crippen molar-refractivity contribution < 1.29 is 17.3 Å². The molecule has 2 aromatic heterocycles. The number of methoxy groups -OCH3 is 1. The van der Waals surface area contributed by atoms with E-state index in [1.165, 1.54) is 20.8 Å². The molecule has 10 heteroatoms. The van der Waals surface area contributed by atoms with E-state index in [0.29, 0.717) is 11.2 Å². The van der Waals surface area contributed by atoms with E-state index in [4.69, 9.17) is 8.92 Å². The Morgan fingerprint density at radius 2 is 1.74 bits per heavy atom. The van der Waals surface area contributed by atoms with E-state index in [-0.39, 0.29) is 18.0 Å². The summed E-state index contributed by atoms with van der Waals surface area (Å²) in [5.74, 6) is 0.917. The zero-order valence-corrected chi connectivity index (χ0v) is 18.4. The average Bonchev–Trinajstić information content (AvgIpc) is 3.16. The fraction of sp³-hybridized carbons (Fsp3) is 0.143. The quantitative estimate of drug-likeness (QED) is 0.394. The molecule has 0 saturated carbocycles. The van der Waals surface area contributed by atoms with Gasteiger partial charge in [-0.15, -0.1) is 0 Å². The molecule has 0 saturated heterocycles. The molecule has 0 aliphatic carbocycles. The predicted octanol–water partition coefficient (Wildman–Crippen LogP) is 3.12. The molecular weight excluding hydrogens is 438 g/mol. The zero-order valence-electron chi connectivity index (χ0n) is 16.8. The molecule has 0 aliphatic rings. The second-order valence-electron chi connectivity index (χ2n) is 6.61. The summed E-state index contributed by atoms with van der Waals surface area (Å²) in [4.78, 5) is 15.2. The van der Waals surface area contributed by atoms with Crippen molar-refractivity contribution in [1.82, 2.24) is 14.2 Å². The molecular formula is C21H19N3O5S2. The van der Waals surface area contributed by atoms with Gasteiger partial charge in [-0.05, 0) is 42.5 Å². The number of hydrogen-bond acceptors (Lipinski definition) is 7. The lowest BCUT2D eigenvalue weighted by Crippen LogP contribution is -2.27.